The van der Waals surface area contributed by atoms with E-state index in [1.54, 1.807) is 30.3 Å². The summed E-state index contributed by atoms with van der Waals surface area (Å²) in [6, 6.07) is 33.0. The van der Waals surface area contributed by atoms with E-state index in [2.05, 4.69) is 5.32 Å². The van der Waals surface area contributed by atoms with Gasteiger partial charge in [0, 0.05) is 66.7 Å². The zero-order valence-corrected chi connectivity index (χ0v) is 31.3. The number of amides is 2. The second kappa shape index (κ2) is 17.3. The van der Waals surface area contributed by atoms with Crippen molar-refractivity contribution in [3.63, 3.8) is 0 Å². The van der Waals surface area contributed by atoms with E-state index in [1.165, 1.54) is 23.9 Å². The number of halogens is 3. The van der Waals surface area contributed by atoms with Crippen LogP contribution in [0.25, 0.3) is 11.1 Å². The maximum atomic E-state index is 14.0. The van der Waals surface area contributed by atoms with Crippen LogP contribution in [0.4, 0.5) is 24.5 Å². The minimum absolute atomic E-state index is 0.0115. The summed E-state index contributed by atoms with van der Waals surface area (Å²) in [7, 11) is -4.64. The van der Waals surface area contributed by atoms with Crippen molar-refractivity contribution < 1.29 is 36.3 Å². The number of thioether (sulfide) groups is 1. The van der Waals surface area contributed by atoms with Crippen LogP contribution >= 0.6 is 11.8 Å². The number of hydrogen-bond acceptors (Lipinski definition) is 8. The number of sulfonamides is 1. The average molecular weight is 789 g/mol. The number of rotatable bonds is 13. The van der Waals surface area contributed by atoms with Crippen LogP contribution in [0.2, 0.25) is 0 Å². The van der Waals surface area contributed by atoms with Crippen molar-refractivity contribution in [1.29, 1.82) is 0 Å². The zero-order chi connectivity index (χ0) is 39.0. The number of nitrogens with one attached hydrogen (secondary N) is 2. The van der Waals surface area contributed by atoms with Crippen LogP contribution in [0.15, 0.2) is 131 Å². The Morgan fingerprint density at radius 3 is 2.22 bits per heavy atom. The molecule has 1 heterocycles. The third-order valence-electron chi connectivity index (χ3n) is 9.17. The number of alkyl halides is 3. The molecule has 2 amide bonds. The number of aromatic hydroxyl groups is 1. The van der Waals surface area contributed by atoms with E-state index in [1.807, 2.05) is 75.2 Å². The van der Waals surface area contributed by atoms with Gasteiger partial charge in [0.2, 0.25) is 5.91 Å². The first-order valence-electron chi connectivity index (χ1n) is 17.6. The summed E-state index contributed by atoms with van der Waals surface area (Å²) in [5, 5.41) is 12.7. The molecule has 286 valence electrons. The molecule has 9 nitrogen and oxygen atoms in total. The molecule has 0 unspecified atom stereocenters. The number of piperazine rings is 1. The molecule has 0 bridgehead atoms. The lowest BCUT2D eigenvalue weighted by atomic mass is 9.96. The highest BCUT2D eigenvalue weighted by atomic mass is 32.2. The fourth-order valence-corrected chi connectivity index (χ4v) is 8.11. The Balaban J connectivity index is 1.01. The highest BCUT2D eigenvalue weighted by Gasteiger charge is 2.35. The number of anilines is 2. The van der Waals surface area contributed by atoms with Gasteiger partial charge in [-0.1, -0.05) is 54.6 Å². The zero-order valence-electron chi connectivity index (χ0n) is 29.6. The standard InChI is InChI=1S/C41H39F3N4O5S2/c42-41(43,44)37-28-35(18-19-38(37)45-21-26-54-34-10-2-1-3-11-34)55(52,53)46-40(51)30-13-16-32(17-14-30)47-22-24-48(25-23-47)39(50)20-15-29-7-4-5-12-36(29)31-8-6-9-33(49)27-31/h1-14,16-19,27-28,45,49H,15,20-26H2,(H,46,51). The molecule has 14 heteroatoms. The van der Waals surface area contributed by atoms with Crippen molar-refractivity contribution in [3.8, 4) is 16.9 Å². The van der Waals surface area contributed by atoms with Crippen LogP contribution in [0, 0.1) is 0 Å². The first-order valence-corrected chi connectivity index (χ1v) is 20.0. The van der Waals surface area contributed by atoms with Crippen molar-refractivity contribution in [2.45, 2.75) is 28.8 Å². The van der Waals surface area contributed by atoms with Crippen LogP contribution in [0.3, 0.4) is 0 Å². The average Bonchev–Trinajstić information content (AvgIpc) is 3.18. The maximum absolute atomic E-state index is 14.0. The van der Waals surface area contributed by atoms with Gasteiger partial charge in [0.15, 0.2) is 0 Å². The molecule has 5 aromatic carbocycles. The fraction of sp³-hybridized carbons (Fsp3) is 0.220. The fourth-order valence-electron chi connectivity index (χ4n) is 6.32. The lowest BCUT2D eigenvalue weighted by Crippen LogP contribution is -2.48. The Bertz CT molecular complexity index is 2230. The molecule has 0 atom stereocenters. The van der Waals surface area contributed by atoms with Crippen molar-refractivity contribution in [2.24, 2.45) is 0 Å². The molecular formula is C41H39F3N4O5S2. The summed E-state index contributed by atoms with van der Waals surface area (Å²) < 4.78 is 70.0. The predicted molar refractivity (Wildman–Crippen MR) is 209 cm³/mol. The molecular weight excluding hydrogens is 750 g/mol. The first kappa shape index (κ1) is 39.2. The molecule has 1 aliphatic heterocycles. The Labute approximate surface area is 322 Å². The monoisotopic (exact) mass is 788 g/mol. The number of benzene rings is 5. The normalized spacial score (nSPS) is 13.4. The molecule has 0 saturated carbocycles. The number of aryl methyl sites for hydroxylation is 1. The third-order valence-corrected chi connectivity index (χ3v) is 11.5. The molecule has 0 aromatic heterocycles. The number of carbonyl (C=O) groups excluding carboxylic acids is 2. The largest absolute Gasteiger partial charge is 0.508 e. The SMILES string of the molecule is O=C(NS(=O)(=O)c1ccc(NCCSc2ccccc2)c(C(F)(F)F)c1)c1ccc(N2CCN(C(=O)CCc3ccccc3-c3cccc(O)c3)CC2)cc1. The minimum atomic E-state index is -4.85. The van der Waals surface area contributed by atoms with E-state index in [4.69, 9.17) is 0 Å². The van der Waals surface area contributed by atoms with Crippen molar-refractivity contribution in [3.05, 3.63) is 138 Å². The molecule has 0 radical (unpaired) electrons. The van der Waals surface area contributed by atoms with E-state index in [9.17, 15) is 36.3 Å². The van der Waals surface area contributed by atoms with Gasteiger partial charge in [-0.2, -0.15) is 13.2 Å². The Kier molecular flexibility index (Phi) is 12.4. The molecule has 0 aliphatic carbocycles. The predicted octanol–water partition coefficient (Wildman–Crippen LogP) is 7.68. The Morgan fingerprint density at radius 1 is 0.800 bits per heavy atom. The lowest BCUT2D eigenvalue weighted by molar-refractivity contribution is -0.137. The van der Waals surface area contributed by atoms with Gasteiger partial charge in [-0.15, -0.1) is 11.8 Å². The summed E-state index contributed by atoms with van der Waals surface area (Å²) in [6.07, 6.45) is -3.97. The molecule has 5 aromatic rings. The van der Waals surface area contributed by atoms with Crippen LogP contribution in [0.5, 0.6) is 5.75 Å². The minimum Gasteiger partial charge on any atom is -0.508 e. The number of carbonyl (C=O) groups is 2. The van der Waals surface area contributed by atoms with E-state index >= 15 is 0 Å². The Morgan fingerprint density at radius 2 is 1.51 bits per heavy atom. The van der Waals surface area contributed by atoms with Gasteiger partial charge in [0.1, 0.15) is 5.75 Å². The molecule has 0 spiro atoms. The maximum Gasteiger partial charge on any atom is 0.418 e. The summed E-state index contributed by atoms with van der Waals surface area (Å²) in [4.78, 5) is 30.3. The van der Waals surface area contributed by atoms with Gasteiger partial charge >= 0.3 is 6.18 Å². The van der Waals surface area contributed by atoms with Crippen LogP contribution in [-0.2, 0) is 27.4 Å². The summed E-state index contributed by atoms with van der Waals surface area (Å²) in [5.41, 5.74) is 2.22. The van der Waals surface area contributed by atoms with Gasteiger partial charge in [-0.05, 0) is 89.8 Å². The van der Waals surface area contributed by atoms with Crippen molar-refractivity contribution >= 4 is 45.0 Å². The third kappa shape index (κ3) is 10.2. The first-order chi connectivity index (χ1) is 26.4. The van der Waals surface area contributed by atoms with Gasteiger partial charge in [0.05, 0.1) is 10.5 Å². The van der Waals surface area contributed by atoms with Crippen molar-refractivity contribution in [1.82, 2.24) is 9.62 Å². The topological polar surface area (TPSA) is 119 Å². The lowest BCUT2D eigenvalue weighted by Gasteiger charge is -2.36. The molecule has 1 saturated heterocycles. The van der Waals surface area contributed by atoms with E-state index < -0.39 is 32.6 Å². The molecule has 3 N–H and O–H groups in total. The number of phenolic OH excluding ortho intramolecular Hbond substituents is 1. The number of phenols is 1. The second-order valence-electron chi connectivity index (χ2n) is 12.9. The quantitative estimate of drug-likeness (QED) is 0.0822. The van der Waals surface area contributed by atoms with Gasteiger partial charge in [-0.3, -0.25) is 9.59 Å². The molecule has 55 heavy (non-hydrogen) atoms. The van der Waals surface area contributed by atoms with Crippen LogP contribution in [0.1, 0.15) is 27.9 Å². The van der Waals surface area contributed by atoms with Gasteiger partial charge in [0.25, 0.3) is 15.9 Å². The summed E-state index contributed by atoms with van der Waals surface area (Å²) in [6.45, 7) is 2.28. The van der Waals surface area contributed by atoms with E-state index in [-0.39, 0.29) is 29.5 Å². The van der Waals surface area contributed by atoms with Crippen LogP contribution < -0.4 is 14.9 Å². The smallest absolute Gasteiger partial charge is 0.418 e. The highest BCUT2D eigenvalue weighted by molar-refractivity contribution is 7.99. The summed E-state index contributed by atoms with van der Waals surface area (Å²) in [5.74, 6) is -0.300. The molecule has 1 fully saturated rings. The highest BCUT2D eigenvalue weighted by Crippen LogP contribution is 2.36. The van der Waals surface area contributed by atoms with E-state index in [0.717, 1.165) is 39.4 Å². The Hall–Kier alpha value is -5.47. The molecule has 6 rings (SSSR count). The number of hydrogen-bond donors (Lipinski definition) is 3. The molecule has 1 aliphatic rings. The summed E-state index contributed by atoms with van der Waals surface area (Å²) >= 11 is 1.47. The van der Waals surface area contributed by atoms with Crippen LogP contribution in [-0.4, -0.2) is 68.7 Å². The van der Waals surface area contributed by atoms with Crippen molar-refractivity contribution in [2.75, 3.05) is 48.7 Å². The van der Waals surface area contributed by atoms with Gasteiger partial charge < -0.3 is 20.2 Å². The second-order valence-corrected chi connectivity index (χ2v) is 15.7. The number of nitrogens with zero attached hydrogens (tertiary/aromatic N) is 2. The van der Waals surface area contributed by atoms with Gasteiger partial charge in [-0.25, -0.2) is 13.1 Å². The van der Waals surface area contributed by atoms with E-state index in [0.29, 0.717) is 50.8 Å².